The van der Waals surface area contributed by atoms with Gasteiger partial charge in [0.25, 0.3) is 0 Å². The van der Waals surface area contributed by atoms with Crippen LogP contribution in [0.2, 0.25) is 0 Å². The highest BCUT2D eigenvalue weighted by Crippen LogP contribution is 2.14. The lowest BCUT2D eigenvalue weighted by molar-refractivity contribution is 0.223. The Balaban J connectivity index is 0. The number of hydrogen-bond donors (Lipinski definition) is 1. The van der Waals surface area contributed by atoms with E-state index >= 15 is 0 Å². The van der Waals surface area contributed by atoms with Gasteiger partial charge in [-0.15, -0.1) is 12.4 Å². The van der Waals surface area contributed by atoms with Crippen molar-refractivity contribution in [1.82, 2.24) is 0 Å². The molecule has 0 spiro atoms. The predicted octanol–water partition coefficient (Wildman–Crippen LogP) is 2.14. The molecule has 1 atom stereocenters. The molecule has 0 bridgehead atoms. The van der Waals surface area contributed by atoms with Crippen LogP contribution in [0.25, 0.3) is 0 Å². The summed E-state index contributed by atoms with van der Waals surface area (Å²) in [6, 6.07) is 0. The molecule has 0 rings (SSSR count). The SMILES string of the molecule is CCC(CC)C(F)CN.Cl. The Morgan fingerprint density at radius 3 is 1.80 bits per heavy atom. The van der Waals surface area contributed by atoms with Crippen LogP contribution in [0.3, 0.4) is 0 Å². The molecule has 0 amide bonds. The lowest BCUT2D eigenvalue weighted by Gasteiger charge is -2.14. The van der Waals surface area contributed by atoms with E-state index in [1.165, 1.54) is 0 Å². The van der Waals surface area contributed by atoms with Crippen LogP contribution < -0.4 is 5.73 Å². The van der Waals surface area contributed by atoms with Crippen LogP contribution in [-0.2, 0) is 0 Å². The highest BCUT2D eigenvalue weighted by molar-refractivity contribution is 5.85. The minimum atomic E-state index is -0.792. The van der Waals surface area contributed by atoms with E-state index in [4.69, 9.17) is 5.73 Å². The third-order valence-corrected chi connectivity index (χ3v) is 1.79. The molecule has 10 heavy (non-hydrogen) atoms. The van der Waals surface area contributed by atoms with E-state index in [0.29, 0.717) is 0 Å². The Bertz CT molecular complexity index is 66.6. The number of halogens is 2. The summed E-state index contributed by atoms with van der Waals surface area (Å²) in [5, 5.41) is 0. The molecule has 1 nitrogen and oxygen atoms in total. The summed E-state index contributed by atoms with van der Waals surface area (Å²) in [4.78, 5) is 0. The zero-order chi connectivity index (χ0) is 7.28. The van der Waals surface area contributed by atoms with Gasteiger partial charge in [-0.2, -0.15) is 0 Å². The van der Waals surface area contributed by atoms with Crippen LogP contribution >= 0.6 is 12.4 Å². The Labute approximate surface area is 68.6 Å². The minimum absolute atomic E-state index is 0. The zero-order valence-corrected chi connectivity index (χ0v) is 7.46. The summed E-state index contributed by atoms with van der Waals surface area (Å²) in [6.07, 6.45) is 1.00. The summed E-state index contributed by atoms with van der Waals surface area (Å²) < 4.78 is 12.7. The molecule has 1 unspecified atom stereocenters. The van der Waals surface area contributed by atoms with E-state index in [9.17, 15) is 4.39 Å². The number of nitrogens with two attached hydrogens (primary N) is 1. The number of hydrogen-bond acceptors (Lipinski definition) is 1. The third kappa shape index (κ3) is 4.07. The highest BCUT2D eigenvalue weighted by Gasteiger charge is 2.14. The minimum Gasteiger partial charge on any atom is -0.328 e. The van der Waals surface area contributed by atoms with Gasteiger partial charge >= 0.3 is 0 Å². The quantitative estimate of drug-likeness (QED) is 0.686. The number of alkyl halides is 1. The van der Waals surface area contributed by atoms with Crippen LogP contribution in [0.15, 0.2) is 0 Å². The van der Waals surface area contributed by atoms with Crippen molar-refractivity contribution in [2.45, 2.75) is 32.9 Å². The van der Waals surface area contributed by atoms with Crippen molar-refractivity contribution in [3.8, 4) is 0 Å². The van der Waals surface area contributed by atoms with Gasteiger partial charge in [-0.1, -0.05) is 26.7 Å². The van der Waals surface area contributed by atoms with Gasteiger partial charge in [-0.3, -0.25) is 0 Å². The average molecular weight is 170 g/mol. The van der Waals surface area contributed by atoms with Gasteiger partial charge in [0.1, 0.15) is 6.17 Å². The smallest absolute Gasteiger partial charge is 0.115 e. The monoisotopic (exact) mass is 169 g/mol. The summed E-state index contributed by atoms with van der Waals surface area (Å²) in [6.45, 7) is 4.17. The summed E-state index contributed by atoms with van der Waals surface area (Å²) >= 11 is 0. The van der Waals surface area contributed by atoms with Crippen molar-refractivity contribution in [1.29, 1.82) is 0 Å². The molecule has 64 valence electrons. The van der Waals surface area contributed by atoms with Crippen LogP contribution in [-0.4, -0.2) is 12.7 Å². The van der Waals surface area contributed by atoms with Gasteiger partial charge < -0.3 is 5.73 Å². The molecule has 0 aromatic carbocycles. The van der Waals surface area contributed by atoms with E-state index < -0.39 is 6.17 Å². The van der Waals surface area contributed by atoms with E-state index in [2.05, 4.69) is 0 Å². The fourth-order valence-electron chi connectivity index (χ4n) is 0.993. The Morgan fingerprint density at radius 1 is 1.30 bits per heavy atom. The lowest BCUT2D eigenvalue weighted by Crippen LogP contribution is -2.23. The van der Waals surface area contributed by atoms with E-state index in [1.807, 2.05) is 13.8 Å². The molecule has 0 aromatic rings. The molecule has 0 aromatic heterocycles. The Morgan fingerprint density at radius 2 is 1.70 bits per heavy atom. The van der Waals surface area contributed by atoms with Crippen LogP contribution in [0.4, 0.5) is 4.39 Å². The van der Waals surface area contributed by atoms with Crippen molar-refractivity contribution >= 4 is 12.4 Å². The molecule has 2 N–H and O–H groups in total. The number of rotatable bonds is 4. The van der Waals surface area contributed by atoms with Crippen molar-refractivity contribution < 1.29 is 4.39 Å². The van der Waals surface area contributed by atoms with Gasteiger partial charge in [0.15, 0.2) is 0 Å². The summed E-state index contributed by atoms with van der Waals surface area (Å²) in [7, 11) is 0. The second-order valence-electron chi connectivity index (χ2n) is 2.33. The normalized spacial score (nSPS) is 12.9. The van der Waals surface area contributed by atoms with Crippen molar-refractivity contribution in [3.63, 3.8) is 0 Å². The van der Waals surface area contributed by atoms with Gasteiger partial charge in [-0.05, 0) is 5.92 Å². The second kappa shape index (κ2) is 7.29. The molecule has 0 aliphatic carbocycles. The topological polar surface area (TPSA) is 26.0 Å². The highest BCUT2D eigenvalue weighted by atomic mass is 35.5. The predicted molar refractivity (Wildman–Crippen MR) is 45.3 cm³/mol. The largest absolute Gasteiger partial charge is 0.328 e. The molecule has 0 aliphatic heterocycles. The first-order valence-corrected chi connectivity index (χ1v) is 3.60. The van der Waals surface area contributed by atoms with E-state index in [-0.39, 0.29) is 24.9 Å². The molecule has 0 aliphatic rings. The molecular formula is C7H17ClFN. The maximum absolute atomic E-state index is 12.7. The second-order valence-corrected chi connectivity index (χ2v) is 2.33. The van der Waals surface area contributed by atoms with Gasteiger partial charge in [0, 0.05) is 6.54 Å². The molecule has 0 saturated heterocycles. The molecular weight excluding hydrogens is 153 g/mol. The molecule has 0 heterocycles. The maximum Gasteiger partial charge on any atom is 0.115 e. The van der Waals surface area contributed by atoms with E-state index in [0.717, 1.165) is 12.8 Å². The van der Waals surface area contributed by atoms with Crippen LogP contribution in [0.1, 0.15) is 26.7 Å². The average Bonchev–Trinajstić information content (AvgIpc) is 1.90. The first kappa shape index (κ1) is 12.8. The molecule has 0 fully saturated rings. The fourth-order valence-corrected chi connectivity index (χ4v) is 0.993. The molecule has 0 radical (unpaired) electrons. The van der Waals surface area contributed by atoms with Gasteiger partial charge in [-0.25, -0.2) is 4.39 Å². The Hall–Kier alpha value is 0.180. The third-order valence-electron chi connectivity index (χ3n) is 1.79. The first-order valence-electron chi connectivity index (χ1n) is 3.60. The first-order chi connectivity index (χ1) is 4.26. The Kier molecular flexibility index (Phi) is 9.35. The van der Waals surface area contributed by atoms with Crippen LogP contribution in [0.5, 0.6) is 0 Å². The maximum atomic E-state index is 12.7. The summed E-state index contributed by atoms with van der Waals surface area (Å²) in [5.41, 5.74) is 5.15. The van der Waals surface area contributed by atoms with E-state index in [1.54, 1.807) is 0 Å². The summed E-state index contributed by atoms with van der Waals surface area (Å²) in [5.74, 6) is 0.176. The molecule has 3 heteroatoms. The zero-order valence-electron chi connectivity index (χ0n) is 6.64. The van der Waals surface area contributed by atoms with Crippen molar-refractivity contribution in [2.75, 3.05) is 6.54 Å². The molecule has 0 saturated carbocycles. The fraction of sp³-hybridized carbons (Fsp3) is 1.00. The van der Waals surface area contributed by atoms with Crippen molar-refractivity contribution in [3.05, 3.63) is 0 Å². The lowest BCUT2D eigenvalue weighted by atomic mass is 9.98. The van der Waals surface area contributed by atoms with Crippen molar-refractivity contribution in [2.24, 2.45) is 11.7 Å². The van der Waals surface area contributed by atoms with Gasteiger partial charge in [0.05, 0.1) is 0 Å². The van der Waals surface area contributed by atoms with Crippen LogP contribution in [0, 0.1) is 5.92 Å². The standard InChI is InChI=1S/C7H16FN.ClH/c1-3-6(4-2)7(8)5-9;/h6-7H,3-5,9H2,1-2H3;1H. The van der Waals surface area contributed by atoms with Gasteiger partial charge in [0.2, 0.25) is 0 Å².